The monoisotopic (exact) mass is 449 g/mol. The number of anilines is 2. The van der Waals surface area contributed by atoms with Crippen LogP contribution in [0.2, 0.25) is 0 Å². The van der Waals surface area contributed by atoms with Gasteiger partial charge in [-0.25, -0.2) is 8.42 Å². The van der Waals surface area contributed by atoms with Crippen LogP contribution < -0.4 is 10.0 Å². The minimum atomic E-state index is -4.76. The first kappa shape index (κ1) is 21.5. The fraction of sp³-hybridized carbons (Fsp3) is 0.438. The Balaban J connectivity index is 1.74. The number of hydrogen-bond donors (Lipinski definition) is 2. The number of amides is 1. The van der Waals surface area contributed by atoms with E-state index in [1.54, 1.807) is 17.0 Å². The summed E-state index contributed by atoms with van der Waals surface area (Å²) < 4.78 is 66.1. The molecule has 0 saturated carbocycles. The van der Waals surface area contributed by atoms with Gasteiger partial charge in [-0.15, -0.1) is 10.2 Å². The van der Waals surface area contributed by atoms with Gasteiger partial charge in [-0.3, -0.25) is 19.7 Å². The molecule has 13 heteroatoms. The van der Waals surface area contributed by atoms with Gasteiger partial charge in [-0.1, -0.05) is 41.7 Å². The van der Waals surface area contributed by atoms with Gasteiger partial charge in [0.25, 0.3) is 0 Å². The summed E-state index contributed by atoms with van der Waals surface area (Å²) in [6.07, 6.45) is -4.26. The van der Waals surface area contributed by atoms with E-state index < -0.39 is 34.1 Å². The summed E-state index contributed by atoms with van der Waals surface area (Å²) in [5, 5.41) is 8.83. The summed E-state index contributed by atoms with van der Waals surface area (Å²) in [7, 11) is -3.62. The zero-order valence-electron chi connectivity index (χ0n) is 15.2. The molecule has 1 aromatic heterocycles. The van der Waals surface area contributed by atoms with Crippen molar-refractivity contribution < 1.29 is 26.4 Å². The molecule has 2 heterocycles. The molecule has 1 amide bonds. The molecule has 158 valence electrons. The molecule has 0 radical (unpaired) electrons. The normalized spacial score (nSPS) is 20.6. The zero-order chi connectivity index (χ0) is 21.3. The number of alkyl halides is 3. The van der Waals surface area contributed by atoms with E-state index in [1.807, 2.05) is 18.2 Å². The van der Waals surface area contributed by atoms with Crippen LogP contribution in [0.4, 0.5) is 23.4 Å². The predicted molar refractivity (Wildman–Crippen MR) is 102 cm³/mol. The maximum atomic E-state index is 13.9. The van der Waals surface area contributed by atoms with Crippen LogP contribution in [0.15, 0.2) is 30.3 Å². The third kappa shape index (κ3) is 5.03. The Morgan fingerprint density at radius 3 is 2.52 bits per heavy atom. The van der Waals surface area contributed by atoms with Crippen molar-refractivity contribution in [3.8, 4) is 0 Å². The SMILES string of the molecule is CS(=O)(=O)Nc1nnc(NC(=O)C2(C(F)(F)F)CCN(Cc3ccccc3)C2)s1. The summed E-state index contributed by atoms with van der Waals surface area (Å²) in [6.45, 7) is -0.0729. The Morgan fingerprint density at radius 1 is 1.24 bits per heavy atom. The molecular formula is C16H18F3N5O3S2. The molecule has 1 aliphatic rings. The van der Waals surface area contributed by atoms with Crippen LogP contribution >= 0.6 is 11.3 Å². The summed E-state index contributed by atoms with van der Waals surface area (Å²) >= 11 is 0.634. The van der Waals surface area contributed by atoms with Crippen LogP contribution in [0, 0.1) is 5.41 Å². The largest absolute Gasteiger partial charge is 0.404 e. The van der Waals surface area contributed by atoms with Crippen LogP contribution in [-0.4, -0.2) is 54.9 Å². The zero-order valence-corrected chi connectivity index (χ0v) is 16.9. The van der Waals surface area contributed by atoms with Crippen LogP contribution in [0.3, 0.4) is 0 Å². The molecule has 0 spiro atoms. The second-order valence-corrected chi connectivity index (χ2v) is 9.49. The maximum Gasteiger partial charge on any atom is 0.404 e. The van der Waals surface area contributed by atoms with E-state index in [4.69, 9.17) is 0 Å². The highest BCUT2D eigenvalue weighted by molar-refractivity contribution is 7.92. The third-order valence-electron chi connectivity index (χ3n) is 4.49. The van der Waals surface area contributed by atoms with Crippen molar-refractivity contribution in [2.24, 2.45) is 5.41 Å². The van der Waals surface area contributed by atoms with E-state index >= 15 is 0 Å². The lowest BCUT2D eigenvalue weighted by Crippen LogP contribution is -2.49. The van der Waals surface area contributed by atoms with Gasteiger partial charge in [0.2, 0.25) is 26.2 Å². The van der Waals surface area contributed by atoms with Gasteiger partial charge in [0.05, 0.1) is 6.26 Å². The van der Waals surface area contributed by atoms with Crippen LogP contribution in [0.5, 0.6) is 0 Å². The summed E-state index contributed by atoms with van der Waals surface area (Å²) in [5.41, 5.74) is -1.73. The first-order chi connectivity index (χ1) is 13.5. The number of nitrogens with one attached hydrogen (secondary N) is 2. The molecule has 1 unspecified atom stereocenters. The van der Waals surface area contributed by atoms with Crippen molar-refractivity contribution in [2.45, 2.75) is 19.1 Å². The molecule has 1 fully saturated rings. The van der Waals surface area contributed by atoms with Crippen molar-refractivity contribution in [1.82, 2.24) is 15.1 Å². The number of nitrogens with zero attached hydrogens (tertiary/aromatic N) is 3. The second-order valence-electron chi connectivity index (χ2n) is 6.77. The number of halogens is 3. The van der Waals surface area contributed by atoms with Crippen molar-refractivity contribution in [1.29, 1.82) is 0 Å². The van der Waals surface area contributed by atoms with Gasteiger partial charge in [0.1, 0.15) is 0 Å². The highest BCUT2D eigenvalue weighted by atomic mass is 32.2. The highest BCUT2D eigenvalue weighted by Crippen LogP contribution is 2.46. The number of benzene rings is 1. The molecular weight excluding hydrogens is 431 g/mol. The fourth-order valence-electron chi connectivity index (χ4n) is 3.10. The Hall–Kier alpha value is -2.25. The van der Waals surface area contributed by atoms with E-state index in [0.29, 0.717) is 17.9 Å². The molecule has 0 aliphatic carbocycles. The first-order valence-corrected chi connectivity index (χ1v) is 11.2. The van der Waals surface area contributed by atoms with E-state index in [9.17, 15) is 26.4 Å². The van der Waals surface area contributed by atoms with Crippen molar-refractivity contribution in [3.63, 3.8) is 0 Å². The second kappa shape index (κ2) is 7.88. The lowest BCUT2D eigenvalue weighted by Gasteiger charge is -2.30. The van der Waals surface area contributed by atoms with Crippen LogP contribution in [-0.2, 0) is 21.4 Å². The lowest BCUT2D eigenvalue weighted by molar-refractivity contribution is -0.215. The van der Waals surface area contributed by atoms with Crippen molar-refractivity contribution in [2.75, 3.05) is 29.4 Å². The van der Waals surface area contributed by atoms with Crippen molar-refractivity contribution >= 4 is 37.5 Å². The average Bonchev–Trinajstić information content (AvgIpc) is 3.21. The van der Waals surface area contributed by atoms with Gasteiger partial charge in [0.15, 0.2) is 5.41 Å². The molecule has 29 heavy (non-hydrogen) atoms. The number of sulfonamides is 1. The number of likely N-dealkylation sites (tertiary alicyclic amines) is 1. The van der Waals surface area contributed by atoms with Gasteiger partial charge in [0, 0.05) is 13.1 Å². The average molecular weight is 449 g/mol. The smallest absolute Gasteiger partial charge is 0.300 e. The quantitative estimate of drug-likeness (QED) is 0.701. The predicted octanol–water partition coefficient (Wildman–Crippen LogP) is 2.30. The Labute approximate surface area is 169 Å². The molecule has 3 rings (SSSR count). The highest BCUT2D eigenvalue weighted by Gasteiger charge is 2.63. The summed E-state index contributed by atoms with van der Waals surface area (Å²) in [6, 6.07) is 9.03. The minimum absolute atomic E-state index is 0.110. The van der Waals surface area contributed by atoms with E-state index in [2.05, 4.69) is 20.2 Å². The molecule has 2 N–H and O–H groups in total. The van der Waals surface area contributed by atoms with Gasteiger partial charge in [-0.2, -0.15) is 13.2 Å². The standard InChI is InChI=1S/C16H18F3N5O3S2/c1-29(26,27)23-14-22-21-13(28-14)20-12(25)15(16(17,18)19)7-8-24(10-15)9-11-5-3-2-4-6-11/h2-6H,7-10H2,1H3,(H,22,23)(H,20,21,25). The lowest BCUT2D eigenvalue weighted by atomic mass is 9.85. The number of carbonyl (C=O) groups is 1. The molecule has 1 atom stereocenters. The van der Waals surface area contributed by atoms with Crippen LogP contribution in [0.25, 0.3) is 0 Å². The summed E-state index contributed by atoms with van der Waals surface area (Å²) in [4.78, 5) is 14.2. The van der Waals surface area contributed by atoms with Gasteiger partial charge < -0.3 is 0 Å². The minimum Gasteiger partial charge on any atom is -0.300 e. The van der Waals surface area contributed by atoms with Crippen molar-refractivity contribution in [3.05, 3.63) is 35.9 Å². The van der Waals surface area contributed by atoms with E-state index in [-0.39, 0.29) is 23.2 Å². The summed E-state index contributed by atoms with van der Waals surface area (Å²) in [5.74, 6) is -1.23. The number of hydrogen-bond acceptors (Lipinski definition) is 7. The molecule has 2 aromatic rings. The third-order valence-corrected chi connectivity index (χ3v) is 5.94. The van der Waals surface area contributed by atoms with E-state index in [0.717, 1.165) is 11.8 Å². The number of carbonyl (C=O) groups excluding carboxylic acids is 1. The first-order valence-electron chi connectivity index (χ1n) is 8.44. The van der Waals surface area contributed by atoms with Gasteiger partial charge >= 0.3 is 6.18 Å². The molecule has 1 aromatic carbocycles. The van der Waals surface area contributed by atoms with Crippen LogP contribution in [0.1, 0.15) is 12.0 Å². The van der Waals surface area contributed by atoms with E-state index in [1.165, 1.54) is 0 Å². The number of rotatable bonds is 6. The molecule has 0 bridgehead atoms. The molecule has 1 aliphatic heterocycles. The Kier molecular flexibility index (Phi) is 5.83. The Morgan fingerprint density at radius 2 is 1.90 bits per heavy atom. The van der Waals surface area contributed by atoms with Gasteiger partial charge in [-0.05, 0) is 18.5 Å². The molecule has 8 nitrogen and oxygen atoms in total. The maximum absolute atomic E-state index is 13.9. The topological polar surface area (TPSA) is 104 Å². The fourth-order valence-corrected chi connectivity index (χ4v) is 4.57. The molecule has 1 saturated heterocycles. The Bertz CT molecular complexity index is 981. The number of aromatic nitrogens is 2.